The standard InChI is InChI=1S/C32H38.C32H32.C28H30/c1-22(2)25-13-15-27(16-14-25)29-18-12-24(20-23(29)3)21-28-17-19-31(26-8-5-4-6-9-26)32-11-7-10-30(28)32;1-3-10-25(11-4-1)12-7-8-13-26-18-20-27(21-19-26)24-29-22-23-31(28-14-5-2-6-15-28)32-17-9-16-30(29)32;1-2-8-24(9-3-1)27-19-18-25(26-10-5-11-28(26)27)20-23-16-14-22(15-17-23)13-12-21-6-4-7-21/h5,7-12,17-20,22,25,27,32H,4,6,13-16,21H2,1-3H3;1,3-5,9-11,14-23,32H,2,6-8,12-13,24H2;2,5,8-11,14-19,21,28H,1,3-4,6-7,12-13,20H2. The molecule has 0 aromatic heterocycles. The first-order valence-electron chi connectivity index (χ1n) is 36.1. The Morgan fingerprint density at radius 2 is 0.815 bits per heavy atom. The fourth-order valence-corrected chi connectivity index (χ4v) is 16.3. The molecular weight excluding hydrogens is 1110 g/mol. The highest BCUT2D eigenvalue weighted by molar-refractivity contribution is 5.63. The first-order valence-corrected chi connectivity index (χ1v) is 36.1. The molecule has 11 aliphatic rings. The van der Waals surface area contributed by atoms with Gasteiger partial charge in [0.05, 0.1) is 0 Å². The van der Waals surface area contributed by atoms with E-state index in [1.165, 1.54) is 221 Å². The zero-order chi connectivity index (χ0) is 62.4. The molecule has 3 unspecified atom stereocenters. The normalized spacial score (nSPS) is 23.2. The van der Waals surface area contributed by atoms with Gasteiger partial charge in [-0.1, -0.05) is 276 Å². The van der Waals surface area contributed by atoms with Crippen molar-refractivity contribution in [1.82, 2.24) is 0 Å². The zero-order valence-corrected chi connectivity index (χ0v) is 55.7. The van der Waals surface area contributed by atoms with Gasteiger partial charge in [0.25, 0.3) is 0 Å². The van der Waals surface area contributed by atoms with Gasteiger partial charge in [-0.25, -0.2) is 0 Å². The molecule has 0 amide bonds. The van der Waals surface area contributed by atoms with Crippen molar-refractivity contribution < 1.29 is 0 Å². The van der Waals surface area contributed by atoms with Gasteiger partial charge in [-0.2, -0.15) is 0 Å². The quantitative estimate of drug-likeness (QED) is 0.0821. The summed E-state index contributed by atoms with van der Waals surface area (Å²) in [5.74, 6) is 4.83. The number of aryl methyl sites for hydroxylation is 4. The summed E-state index contributed by atoms with van der Waals surface area (Å²) < 4.78 is 0. The Labute approximate surface area is 554 Å². The molecule has 468 valence electrons. The highest BCUT2D eigenvalue weighted by atomic mass is 14.3. The van der Waals surface area contributed by atoms with E-state index in [9.17, 15) is 0 Å². The first kappa shape index (κ1) is 63.0. The molecule has 0 bridgehead atoms. The van der Waals surface area contributed by atoms with Crippen LogP contribution in [0.3, 0.4) is 0 Å². The Balaban J connectivity index is 0.000000126. The molecule has 0 heterocycles. The number of hydrogen-bond acceptors (Lipinski definition) is 0. The fraction of sp³-hybridized carbons (Fsp3) is 0.348. The summed E-state index contributed by atoms with van der Waals surface area (Å²) in [6.45, 7) is 7.12. The van der Waals surface area contributed by atoms with Crippen molar-refractivity contribution in [2.24, 2.45) is 35.5 Å². The molecule has 0 saturated heterocycles. The summed E-state index contributed by atoms with van der Waals surface area (Å²) in [4.78, 5) is 0. The molecule has 3 atom stereocenters. The number of rotatable bonds is 19. The van der Waals surface area contributed by atoms with Crippen molar-refractivity contribution in [3.05, 3.63) is 354 Å². The number of benzene rings is 4. The van der Waals surface area contributed by atoms with E-state index in [4.69, 9.17) is 0 Å². The smallest absolute Gasteiger partial charge is 0.0281 e. The minimum absolute atomic E-state index is 0.424. The van der Waals surface area contributed by atoms with Crippen LogP contribution in [-0.4, -0.2) is 0 Å². The number of allylic oxidation sites excluding steroid dienone is 36. The summed E-state index contributed by atoms with van der Waals surface area (Å²) in [6, 6.07) is 36.9. The van der Waals surface area contributed by atoms with E-state index >= 15 is 0 Å². The van der Waals surface area contributed by atoms with Gasteiger partial charge >= 0.3 is 0 Å². The lowest BCUT2D eigenvalue weighted by Crippen LogP contribution is -2.18. The van der Waals surface area contributed by atoms with Crippen molar-refractivity contribution in [1.29, 1.82) is 0 Å². The van der Waals surface area contributed by atoms with Crippen molar-refractivity contribution in [2.45, 2.75) is 168 Å². The predicted octanol–water partition coefficient (Wildman–Crippen LogP) is 24.0. The monoisotopic (exact) mass is 1200 g/mol. The molecule has 2 fully saturated rings. The fourth-order valence-electron chi connectivity index (χ4n) is 16.3. The summed E-state index contributed by atoms with van der Waals surface area (Å²) in [5.41, 5.74) is 29.3. The van der Waals surface area contributed by atoms with Gasteiger partial charge in [0.2, 0.25) is 0 Å². The van der Waals surface area contributed by atoms with Crippen LogP contribution in [0.15, 0.2) is 310 Å². The van der Waals surface area contributed by atoms with E-state index in [-0.39, 0.29) is 0 Å². The van der Waals surface area contributed by atoms with Gasteiger partial charge < -0.3 is 0 Å². The van der Waals surface area contributed by atoms with Crippen LogP contribution in [0.25, 0.3) is 0 Å². The molecule has 0 aliphatic heterocycles. The van der Waals surface area contributed by atoms with Crippen LogP contribution in [0, 0.1) is 42.4 Å². The third-order valence-corrected chi connectivity index (χ3v) is 22.0. The Kier molecular flexibility index (Phi) is 21.1. The van der Waals surface area contributed by atoms with E-state index < -0.39 is 0 Å². The average Bonchev–Trinajstić information content (AvgIpc) is 1.62. The van der Waals surface area contributed by atoms with Crippen LogP contribution in [0.2, 0.25) is 0 Å². The molecule has 0 nitrogen and oxygen atoms in total. The van der Waals surface area contributed by atoms with E-state index in [0.29, 0.717) is 17.8 Å². The summed E-state index contributed by atoms with van der Waals surface area (Å²) in [5, 5.41) is 0. The van der Waals surface area contributed by atoms with Crippen molar-refractivity contribution >= 4 is 0 Å². The average molecular weight is 1210 g/mol. The predicted molar refractivity (Wildman–Crippen MR) is 393 cm³/mol. The second-order valence-corrected chi connectivity index (χ2v) is 28.6. The molecule has 15 rings (SSSR count). The molecule has 0 spiro atoms. The Morgan fingerprint density at radius 1 is 0.391 bits per heavy atom. The number of unbranched alkanes of at least 4 members (excludes halogenated alkanes) is 1. The zero-order valence-electron chi connectivity index (χ0n) is 55.7. The van der Waals surface area contributed by atoms with Crippen LogP contribution in [0.4, 0.5) is 0 Å². The molecule has 11 aliphatic carbocycles. The maximum absolute atomic E-state index is 2.47. The molecule has 4 aromatic carbocycles. The lowest BCUT2D eigenvalue weighted by atomic mass is 9.74. The molecular formula is C92H100. The maximum atomic E-state index is 2.47. The van der Waals surface area contributed by atoms with Gasteiger partial charge in [-0.15, -0.1) is 0 Å². The van der Waals surface area contributed by atoms with Gasteiger partial charge in [-0.05, 0) is 264 Å². The third kappa shape index (κ3) is 15.6. The summed E-state index contributed by atoms with van der Waals surface area (Å²) >= 11 is 0. The maximum Gasteiger partial charge on any atom is 0.0281 e. The van der Waals surface area contributed by atoms with E-state index in [1.807, 2.05) is 0 Å². The third-order valence-electron chi connectivity index (χ3n) is 22.0. The second kappa shape index (κ2) is 30.8. The van der Waals surface area contributed by atoms with E-state index in [1.54, 1.807) is 5.56 Å². The number of fused-ring (bicyclic) bond motifs is 3. The van der Waals surface area contributed by atoms with Gasteiger partial charge in [0.1, 0.15) is 0 Å². The molecule has 2 saturated carbocycles. The second-order valence-electron chi connectivity index (χ2n) is 28.6. The first-order chi connectivity index (χ1) is 45.3. The minimum atomic E-state index is 0.424. The van der Waals surface area contributed by atoms with Crippen LogP contribution in [0.1, 0.15) is 167 Å². The van der Waals surface area contributed by atoms with Crippen LogP contribution in [-0.2, 0) is 38.5 Å². The van der Waals surface area contributed by atoms with Crippen LogP contribution >= 0.6 is 0 Å². The molecule has 0 N–H and O–H groups in total. The van der Waals surface area contributed by atoms with E-state index in [0.717, 1.165) is 49.4 Å². The SMILES string of the molecule is C1=CC2C(C3=CCCC=C3)=CC=C(Cc3ccc(CCC4CCC4)cc3)C2=C1.C1=CC2C(C3=CCCC=C3)=CC=C(Cc3ccc(CCCCc4ccccc4)cc3)C2=C1.Cc1cc(CC2=CC=C(C3=CCCC=C3)C3C=CC=C23)ccc1C1CCC(C(C)C)CC1. The molecule has 0 radical (unpaired) electrons. The number of hydrogen-bond donors (Lipinski definition) is 0. The molecule has 92 heavy (non-hydrogen) atoms. The Morgan fingerprint density at radius 3 is 1.23 bits per heavy atom. The van der Waals surface area contributed by atoms with Crippen molar-refractivity contribution in [3.8, 4) is 0 Å². The van der Waals surface area contributed by atoms with Crippen molar-refractivity contribution in [2.75, 3.05) is 0 Å². The Bertz CT molecular complexity index is 3870. The van der Waals surface area contributed by atoms with Gasteiger partial charge in [-0.3, -0.25) is 0 Å². The lowest BCUT2D eigenvalue weighted by Gasteiger charge is -2.32. The van der Waals surface area contributed by atoms with Gasteiger partial charge in [0.15, 0.2) is 0 Å². The van der Waals surface area contributed by atoms with Crippen LogP contribution in [0.5, 0.6) is 0 Å². The van der Waals surface area contributed by atoms with Crippen LogP contribution < -0.4 is 0 Å². The van der Waals surface area contributed by atoms with Gasteiger partial charge in [0, 0.05) is 17.8 Å². The molecule has 4 aromatic rings. The topological polar surface area (TPSA) is 0 Å². The summed E-state index contributed by atoms with van der Waals surface area (Å²) in [6.07, 6.45) is 83.5. The highest BCUT2D eigenvalue weighted by Gasteiger charge is 2.31. The largest absolute Gasteiger partial charge is 0.0836 e. The lowest BCUT2D eigenvalue weighted by molar-refractivity contribution is 0.258. The van der Waals surface area contributed by atoms with E-state index in [2.05, 4.69) is 264 Å². The van der Waals surface area contributed by atoms with Crippen molar-refractivity contribution in [3.63, 3.8) is 0 Å². The summed E-state index contributed by atoms with van der Waals surface area (Å²) in [7, 11) is 0. The minimum Gasteiger partial charge on any atom is -0.0836 e. The highest BCUT2D eigenvalue weighted by Crippen LogP contribution is 2.45. The Hall–Kier alpha value is -7.80. The molecule has 0 heteroatoms.